The number of ether oxygens (including phenoxy) is 1. The van der Waals surface area contributed by atoms with E-state index in [9.17, 15) is 4.79 Å². The van der Waals surface area contributed by atoms with Gasteiger partial charge >= 0.3 is 6.09 Å². The van der Waals surface area contributed by atoms with E-state index in [0.29, 0.717) is 18.9 Å². The van der Waals surface area contributed by atoms with Gasteiger partial charge in [-0.3, -0.25) is 0 Å². The molecule has 1 saturated heterocycles. The van der Waals surface area contributed by atoms with E-state index in [1.807, 2.05) is 26.8 Å². The van der Waals surface area contributed by atoms with Crippen molar-refractivity contribution in [1.82, 2.24) is 9.88 Å². The summed E-state index contributed by atoms with van der Waals surface area (Å²) in [6.07, 6.45) is 1.47. The summed E-state index contributed by atoms with van der Waals surface area (Å²) in [5.74, 6) is 0.507. The van der Waals surface area contributed by atoms with Gasteiger partial charge in [-0.2, -0.15) is 0 Å². The third-order valence-electron chi connectivity index (χ3n) is 4.04. The van der Waals surface area contributed by atoms with E-state index in [4.69, 9.17) is 10.5 Å². The van der Waals surface area contributed by atoms with E-state index in [1.165, 1.54) is 0 Å². The van der Waals surface area contributed by atoms with Crippen molar-refractivity contribution in [2.75, 3.05) is 36.8 Å². The molecule has 0 saturated carbocycles. The van der Waals surface area contributed by atoms with Gasteiger partial charge in [-0.1, -0.05) is 6.58 Å². The van der Waals surface area contributed by atoms with Crippen molar-refractivity contribution in [3.05, 3.63) is 30.5 Å². The molecule has 0 bridgehead atoms. The molecule has 1 aliphatic heterocycles. The molecule has 0 atom stereocenters. The second-order valence-corrected chi connectivity index (χ2v) is 6.07. The van der Waals surface area contributed by atoms with Crippen LogP contribution in [0.5, 0.6) is 0 Å². The van der Waals surface area contributed by atoms with Crippen LogP contribution in [0, 0.1) is 0 Å². The van der Waals surface area contributed by atoms with Gasteiger partial charge < -0.3 is 20.3 Å². The van der Waals surface area contributed by atoms with Crippen LogP contribution in [-0.4, -0.2) is 47.8 Å². The number of anilines is 2. The number of nitrogen functional groups attached to an aromatic ring is 1. The Morgan fingerprint density at radius 3 is 2.45 bits per heavy atom. The van der Waals surface area contributed by atoms with E-state index in [1.54, 1.807) is 17.2 Å². The lowest BCUT2D eigenvalue weighted by molar-refractivity contribution is 0.0339. The normalized spacial score (nSPS) is 15.6. The highest BCUT2D eigenvalue weighted by atomic mass is 16.6. The van der Waals surface area contributed by atoms with Crippen molar-refractivity contribution in [3.8, 4) is 0 Å². The van der Waals surface area contributed by atoms with E-state index in [2.05, 4.69) is 16.5 Å². The van der Waals surface area contributed by atoms with E-state index in [-0.39, 0.29) is 6.09 Å². The fraction of sp³-hybridized carbons (Fsp3) is 0.500. The number of carbonyl (C=O) groups is 1. The first-order valence-electron chi connectivity index (χ1n) is 7.40. The minimum Gasteiger partial charge on any atom is -0.439 e. The summed E-state index contributed by atoms with van der Waals surface area (Å²) in [7, 11) is 0. The molecule has 0 aliphatic carbocycles. The molecule has 2 N–H and O–H groups in total. The lowest BCUT2D eigenvalue weighted by Crippen LogP contribution is -2.50. The number of carbonyl (C=O) groups excluding carboxylic acids is 1. The highest BCUT2D eigenvalue weighted by Gasteiger charge is 2.29. The summed E-state index contributed by atoms with van der Waals surface area (Å²) in [6.45, 7) is 12.2. The minimum absolute atomic E-state index is 0.289. The second kappa shape index (κ2) is 6.25. The topological polar surface area (TPSA) is 71.7 Å². The molecule has 1 aliphatic rings. The Labute approximate surface area is 131 Å². The maximum absolute atomic E-state index is 12.2. The smallest absolute Gasteiger partial charge is 0.410 e. The van der Waals surface area contributed by atoms with Crippen molar-refractivity contribution in [3.63, 3.8) is 0 Å². The molecular weight excluding hydrogens is 280 g/mol. The molecule has 0 unspecified atom stereocenters. The van der Waals surface area contributed by atoms with Gasteiger partial charge in [0.05, 0.1) is 11.9 Å². The van der Waals surface area contributed by atoms with E-state index in [0.717, 1.165) is 24.4 Å². The summed E-state index contributed by atoms with van der Waals surface area (Å²) in [5, 5.41) is 0. The average Bonchev–Trinajstić information content (AvgIpc) is 2.47. The zero-order chi connectivity index (χ0) is 16.3. The van der Waals surface area contributed by atoms with Gasteiger partial charge in [0.25, 0.3) is 0 Å². The lowest BCUT2D eigenvalue weighted by Gasteiger charge is -2.37. The number of piperazine rings is 1. The number of hydrogen-bond donors (Lipinski definition) is 1. The molecule has 22 heavy (non-hydrogen) atoms. The second-order valence-electron chi connectivity index (χ2n) is 6.07. The summed E-state index contributed by atoms with van der Waals surface area (Å²) in [5.41, 5.74) is 6.80. The van der Waals surface area contributed by atoms with Crippen LogP contribution in [-0.2, 0) is 4.74 Å². The number of nitrogens with zero attached hydrogens (tertiary/aromatic N) is 3. The van der Waals surface area contributed by atoms with Gasteiger partial charge in [0.2, 0.25) is 0 Å². The van der Waals surface area contributed by atoms with Gasteiger partial charge in [-0.05, 0) is 38.5 Å². The van der Waals surface area contributed by atoms with E-state index < -0.39 is 5.60 Å². The minimum atomic E-state index is -0.644. The number of hydrogen-bond acceptors (Lipinski definition) is 5. The highest BCUT2D eigenvalue weighted by molar-refractivity contribution is 5.69. The summed E-state index contributed by atoms with van der Waals surface area (Å²) in [4.78, 5) is 20.2. The van der Waals surface area contributed by atoms with Gasteiger partial charge in [0.15, 0.2) is 0 Å². The van der Waals surface area contributed by atoms with Crippen molar-refractivity contribution < 1.29 is 9.53 Å². The fourth-order valence-electron chi connectivity index (χ4n) is 2.10. The molecule has 6 nitrogen and oxygen atoms in total. The molecule has 0 spiro atoms. The van der Waals surface area contributed by atoms with Crippen molar-refractivity contribution >= 4 is 17.6 Å². The Morgan fingerprint density at radius 1 is 1.32 bits per heavy atom. The molecule has 0 radical (unpaired) electrons. The largest absolute Gasteiger partial charge is 0.439 e. The third kappa shape index (κ3) is 3.69. The van der Waals surface area contributed by atoms with Crippen molar-refractivity contribution in [2.45, 2.75) is 26.4 Å². The standard InChI is InChI=1S/C16H24N4O2/c1-12(2)16(3,4)22-15(21)20-9-7-19(8-10-20)13-5-6-14(17)18-11-13/h5-6,11H,1,7-10H2,2-4H3,(H2,17,18). The Morgan fingerprint density at radius 2 is 1.95 bits per heavy atom. The Bertz CT molecular complexity index is 546. The van der Waals surface area contributed by atoms with Crippen LogP contribution < -0.4 is 10.6 Å². The maximum Gasteiger partial charge on any atom is 0.410 e. The monoisotopic (exact) mass is 304 g/mol. The van der Waals surface area contributed by atoms with Crippen LogP contribution in [0.3, 0.4) is 0 Å². The fourth-order valence-corrected chi connectivity index (χ4v) is 2.10. The summed E-state index contributed by atoms with van der Waals surface area (Å²) in [6, 6.07) is 3.73. The molecular formula is C16H24N4O2. The number of amides is 1. The van der Waals surface area contributed by atoms with Crippen LogP contribution in [0.2, 0.25) is 0 Å². The first-order valence-corrected chi connectivity index (χ1v) is 7.40. The lowest BCUT2D eigenvalue weighted by atomic mass is 10.0. The zero-order valence-electron chi connectivity index (χ0n) is 13.5. The van der Waals surface area contributed by atoms with Crippen LogP contribution in [0.1, 0.15) is 20.8 Å². The van der Waals surface area contributed by atoms with E-state index >= 15 is 0 Å². The van der Waals surface area contributed by atoms with Gasteiger partial charge in [0.1, 0.15) is 11.4 Å². The average molecular weight is 304 g/mol. The molecule has 1 aromatic rings. The van der Waals surface area contributed by atoms with Crippen molar-refractivity contribution in [2.24, 2.45) is 0 Å². The Hall–Kier alpha value is -2.24. The molecule has 120 valence electrons. The van der Waals surface area contributed by atoms with Crippen LogP contribution in [0.15, 0.2) is 30.5 Å². The molecule has 1 fully saturated rings. The molecule has 2 rings (SSSR count). The van der Waals surface area contributed by atoms with Crippen LogP contribution in [0.25, 0.3) is 0 Å². The van der Waals surface area contributed by atoms with Gasteiger partial charge in [0, 0.05) is 26.2 Å². The Kier molecular flexibility index (Phi) is 4.59. The summed E-state index contributed by atoms with van der Waals surface area (Å²) < 4.78 is 5.54. The number of rotatable bonds is 3. The Balaban J connectivity index is 1.90. The molecule has 2 heterocycles. The van der Waals surface area contributed by atoms with Gasteiger partial charge in [-0.25, -0.2) is 9.78 Å². The number of pyridine rings is 1. The SMILES string of the molecule is C=C(C)C(C)(C)OC(=O)N1CCN(c2ccc(N)nc2)CC1. The van der Waals surface area contributed by atoms with Gasteiger partial charge in [-0.15, -0.1) is 0 Å². The molecule has 1 amide bonds. The van der Waals surface area contributed by atoms with Crippen LogP contribution >= 0.6 is 0 Å². The number of aromatic nitrogens is 1. The molecule has 1 aromatic heterocycles. The first-order chi connectivity index (χ1) is 10.3. The molecule has 6 heteroatoms. The third-order valence-corrected chi connectivity index (χ3v) is 4.04. The zero-order valence-corrected chi connectivity index (χ0v) is 13.5. The number of nitrogens with two attached hydrogens (primary N) is 1. The predicted octanol–water partition coefficient (Wildman–Crippen LogP) is 2.28. The first kappa shape index (κ1) is 16.1. The predicted molar refractivity (Wildman–Crippen MR) is 87.8 cm³/mol. The summed E-state index contributed by atoms with van der Waals surface area (Å²) >= 11 is 0. The van der Waals surface area contributed by atoms with Crippen molar-refractivity contribution in [1.29, 1.82) is 0 Å². The highest BCUT2D eigenvalue weighted by Crippen LogP contribution is 2.21. The maximum atomic E-state index is 12.2. The molecule has 0 aromatic carbocycles. The quantitative estimate of drug-likeness (QED) is 0.867. The van der Waals surface area contributed by atoms with Crippen LogP contribution in [0.4, 0.5) is 16.3 Å².